The first kappa shape index (κ1) is 22.4. The Morgan fingerprint density at radius 3 is 1.75 bits per heavy atom. The molecular formula is C22H36O2. The zero-order chi connectivity index (χ0) is 17.7. The summed E-state index contributed by atoms with van der Waals surface area (Å²) >= 11 is 0. The Morgan fingerprint density at radius 2 is 1.17 bits per heavy atom. The van der Waals surface area contributed by atoms with E-state index in [1.807, 2.05) is 0 Å². The van der Waals surface area contributed by atoms with Crippen molar-refractivity contribution in [2.45, 2.75) is 84.0 Å². The minimum Gasteiger partial charge on any atom is -0.481 e. The minimum absolute atomic E-state index is 0.313. The van der Waals surface area contributed by atoms with Crippen molar-refractivity contribution in [1.29, 1.82) is 0 Å². The minimum atomic E-state index is -0.678. The topological polar surface area (TPSA) is 37.3 Å². The summed E-state index contributed by atoms with van der Waals surface area (Å²) < 4.78 is 0. The quantitative estimate of drug-likeness (QED) is 0.244. The van der Waals surface area contributed by atoms with Crippen LogP contribution in [-0.2, 0) is 4.79 Å². The molecular weight excluding hydrogens is 296 g/mol. The highest BCUT2D eigenvalue weighted by Crippen LogP contribution is 2.06. The van der Waals surface area contributed by atoms with E-state index in [0.717, 1.165) is 64.2 Å². The van der Waals surface area contributed by atoms with Crippen LogP contribution < -0.4 is 0 Å². The molecule has 0 spiro atoms. The summed E-state index contributed by atoms with van der Waals surface area (Å²) in [5, 5.41) is 8.53. The average molecular weight is 333 g/mol. The van der Waals surface area contributed by atoms with Gasteiger partial charge >= 0.3 is 5.97 Å². The van der Waals surface area contributed by atoms with Gasteiger partial charge < -0.3 is 5.11 Å². The highest BCUT2D eigenvalue weighted by Gasteiger charge is 1.95. The molecule has 0 aliphatic heterocycles. The molecule has 0 aliphatic rings. The van der Waals surface area contributed by atoms with Crippen LogP contribution in [0.2, 0.25) is 0 Å². The molecule has 0 radical (unpaired) electrons. The van der Waals surface area contributed by atoms with Crippen LogP contribution in [0.3, 0.4) is 0 Å². The summed E-state index contributed by atoms with van der Waals surface area (Å²) in [5.74, 6) is -0.678. The van der Waals surface area contributed by atoms with E-state index in [1.165, 1.54) is 6.42 Å². The van der Waals surface area contributed by atoms with E-state index in [0.29, 0.717) is 6.42 Å². The summed E-state index contributed by atoms with van der Waals surface area (Å²) in [4.78, 5) is 10.4. The molecule has 2 nitrogen and oxygen atoms in total. The van der Waals surface area contributed by atoms with Gasteiger partial charge in [0.25, 0.3) is 0 Å². The molecule has 0 aromatic heterocycles. The Kier molecular flexibility index (Phi) is 18.2. The van der Waals surface area contributed by atoms with Crippen molar-refractivity contribution in [3.63, 3.8) is 0 Å². The van der Waals surface area contributed by atoms with Gasteiger partial charge in [-0.3, -0.25) is 4.79 Å². The van der Waals surface area contributed by atoms with Crippen molar-refractivity contribution >= 4 is 5.97 Å². The lowest BCUT2D eigenvalue weighted by atomic mass is 10.1. The van der Waals surface area contributed by atoms with Gasteiger partial charge in [-0.1, -0.05) is 68.4 Å². The van der Waals surface area contributed by atoms with Gasteiger partial charge in [-0.2, -0.15) is 0 Å². The van der Waals surface area contributed by atoms with Crippen LogP contribution in [-0.4, -0.2) is 11.1 Å². The van der Waals surface area contributed by atoms with Gasteiger partial charge in [0.05, 0.1) is 0 Å². The lowest BCUT2D eigenvalue weighted by molar-refractivity contribution is -0.137. The Bertz CT molecular complexity index is 389. The summed E-state index contributed by atoms with van der Waals surface area (Å²) in [6.07, 6.45) is 30.3. The first-order valence-electron chi connectivity index (χ1n) is 9.59. The third kappa shape index (κ3) is 20.4. The highest BCUT2D eigenvalue weighted by molar-refractivity contribution is 5.66. The maximum atomic E-state index is 10.4. The van der Waals surface area contributed by atoms with Crippen LogP contribution >= 0.6 is 0 Å². The fourth-order valence-electron chi connectivity index (χ4n) is 2.30. The first-order valence-corrected chi connectivity index (χ1v) is 9.59. The second-order valence-electron chi connectivity index (χ2n) is 6.03. The third-order valence-corrected chi connectivity index (χ3v) is 3.69. The highest BCUT2D eigenvalue weighted by atomic mass is 16.4. The van der Waals surface area contributed by atoms with Crippen molar-refractivity contribution in [1.82, 2.24) is 0 Å². The maximum Gasteiger partial charge on any atom is 0.303 e. The van der Waals surface area contributed by atoms with E-state index in [-0.39, 0.29) is 0 Å². The SMILES string of the molecule is CCC=CCC=CCCC=CCCC=CCCCCCCC(=O)O. The number of carboxylic acid groups (broad SMARTS) is 1. The molecule has 0 atom stereocenters. The third-order valence-electron chi connectivity index (χ3n) is 3.69. The van der Waals surface area contributed by atoms with E-state index >= 15 is 0 Å². The summed E-state index contributed by atoms with van der Waals surface area (Å²) in [7, 11) is 0. The molecule has 24 heavy (non-hydrogen) atoms. The predicted molar refractivity (Wildman–Crippen MR) is 105 cm³/mol. The van der Waals surface area contributed by atoms with Crippen LogP contribution in [0, 0.1) is 0 Å². The average Bonchev–Trinajstić information content (AvgIpc) is 2.56. The lowest BCUT2D eigenvalue weighted by Crippen LogP contribution is -1.93. The van der Waals surface area contributed by atoms with Gasteiger partial charge in [0.1, 0.15) is 0 Å². The van der Waals surface area contributed by atoms with Crippen LogP contribution in [0.4, 0.5) is 0 Å². The van der Waals surface area contributed by atoms with Gasteiger partial charge in [-0.15, -0.1) is 0 Å². The van der Waals surface area contributed by atoms with Gasteiger partial charge in [0.15, 0.2) is 0 Å². The number of rotatable bonds is 16. The van der Waals surface area contributed by atoms with E-state index in [4.69, 9.17) is 5.11 Å². The molecule has 0 saturated heterocycles. The summed E-state index contributed by atoms with van der Waals surface area (Å²) in [6.45, 7) is 2.16. The number of aliphatic carboxylic acids is 1. The maximum absolute atomic E-state index is 10.4. The number of carboxylic acids is 1. The fourth-order valence-corrected chi connectivity index (χ4v) is 2.30. The standard InChI is InChI=1S/C22H36O2/c1-2-3-4-5-6-7-8-9-10-11-12-13-14-15-16-17-18-19-20-21-22(23)24/h3-4,6-7,10-11,14-15H,2,5,8-9,12-13,16-21H2,1H3,(H,23,24). The molecule has 0 fully saturated rings. The van der Waals surface area contributed by atoms with Crippen LogP contribution in [0.15, 0.2) is 48.6 Å². The lowest BCUT2D eigenvalue weighted by Gasteiger charge is -1.96. The van der Waals surface area contributed by atoms with Crippen molar-refractivity contribution in [2.75, 3.05) is 0 Å². The molecule has 0 rings (SSSR count). The number of hydrogen-bond acceptors (Lipinski definition) is 1. The molecule has 0 aromatic rings. The van der Waals surface area contributed by atoms with Gasteiger partial charge in [0, 0.05) is 6.42 Å². The van der Waals surface area contributed by atoms with Crippen LogP contribution in [0.1, 0.15) is 84.0 Å². The van der Waals surface area contributed by atoms with E-state index < -0.39 is 5.97 Å². The van der Waals surface area contributed by atoms with Gasteiger partial charge in [0.2, 0.25) is 0 Å². The number of allylic oxidation sites excluding steroid dienone is 8. The Labute approximate surface area is 149 Å². The largest absolute Gasteiger partial charge is 0.481 e. The van der Waals surface area contributed by atoms with E-state index in [2.05, 4.69) is 55.5 Å². The molecule has 0 aromatic carbocycles. The van der Waals surface area contributed by atoms with Crippen molar-refractivity contribution in [3.8, 4) is 0 Å². The Balaban J connectivity index is 3.30. The Hall–Kier alpha value is -1.57. The molecule has 0 bridgehead atoms. The molecule has 2 heteroatoms. The molecule has 136 valence electrons. The fraction of sp³-hybridized carbons (Fsp3) is 0.591. The molecule has 0 amide bonds. The van der Waals surface area contributed by atoms with Crippen LogP contribution in [0.5, 0.6) is 0 Å². The van der Waals surface area contributed by atoms with Crippen LogP contribution in [0.25, 0.3) is 0 Å². The number of unbranched alkanes of at least 4 members (excludes halogenated alkanes) is 6. The van der Waals surface area contributed by atoms with Gasteiger partial charge in [-0.25, -0.2) is 0 Å². The molecule has 0 unspecified atom stereocenters. The number of carbonyl (C=O) groups is 1. The summed E-state index contributed by atoms with van der Waals surface area (Å²) in [5.41, 5.74) is 0. The van der Waals surface area contributed by atoms with E-state index in [1.54, 1.807) is 0 Å². The molecule has 1 N–H and O–H groups in total. The van der Waals surface area contributed by atoms with Gasteiger partial charge in [-0.05, 0) is 57.8 Å². The zero-order valence-electron chi connectivity index (χ0n) is 15.5. The predicted octanol–water partition coefficient (Wildman–Crippen LogP) is 7.00. The molecule has 0 aliphatic carbocycles. The van der Waals surface area contributed by atoms with Crippen molar-refractivity contribution in [3.05, 3.63) is 48.6 Å². The number of hydrogen-bond donors (Lipinski definition) is 1. The van der Waals surface area contributed by atoms with E-state index in [9.17, 15) is 4.79 Å². The first-order chi connectivity index (χ1) is 11.8. The second kappa shape index (κ2) is 19.5. The molecule has 0 heterocycles. The molecule has 0 saturated carbocycles. The smallest absolute Gasteiger partial charge is 0.303 e. The van der Waals surface area contributed by atoms with Crippen molar-refractivity contribution < 1.29 is 9.90 Å². The normalized spacial score (nSPS) is 12.4. The zero-order valence-corrected chi connectivity index (χ0v) is 15.5. The Morgan fingerprint density at radius 1 is 0.667 bits per heavy atom. The summed E-state index contributed by atoms with van der Waals surface area (Å²) in [6, 6.07) is 0. The second-order valence-corrected chi connectivity index (χ2v) is 6.03. The monoisotopic (exact) mass is 332 g/mol. The van der Waals surface area contributed by atoms with Crippen molar-refractivity contribution in [2.24, 2.45) is 0 Å².